The molecule has 0 unspecified atom stereocenters. The van der Waals surface area contributed by atoms with Crippen LogP contribution in [0, 0.1) is 6.92 Å². The van der Waals surface area contributed by atoms with E-state index in [1.54, 1.807) is 38.3 Å². The van der Waals surface area contributed by atoms with E-state index in [1.165, 1.54) is 0 Å². The number of nitrogens with two attached hydrogens (primary N) is 1. The number of hydrogen-bond donors (Lipinski definition) is 2. The van der Waals surface area contributed by atoms with Crippen molar-refractivity contribution >= 4 is 5.84 Å². The highest BCUT2D eigenvalue weighted by atomic mass is 16.5. The van der Waals surface area contributed by atoms with Gasteiger partial charge in [-0.05, 0) is 25.1 Å². The molecule has 0 spiro atoms. The maximum Gasteiger partial charge on any atom is 0.220 e. The number of aryl methyl sites for hydroxylation is 1. The minimum atomic E-state index is 0.00555. The van der Waals surface area contributed by atoms with Crippen LogP contribution in [-0.4, -0.2) is 23.1 Å². The molecule has 0 saturated heterocycles. The molecule has 0 aliphatic heterocycles. The maximum atomic E-state index is 8.71. The molecule has 3 N–H and O–H groups in total. The number of pyridine rings is 1. The molecule has 0 radical (unpaired) electrons. The molecule has 1 aromatic carbocycles. The van der Waals surface area contributed by atoms with Crippen molar-refractivity contribution in [1.29, 1.82) is 0 Å². The Morgan fingerprint density at radius 2 is 2.00 bits per heavy atom. The topological polar surface area (TPSA) is 90.0 Å². The molecule has 0 aliphatic carbocycles. The quantitative estimate of drug-likeness (QED) is 0.386. The Bertz CT molecular complexity index is 641. The lowest BCUT2D eigenvalue weighted by Gasteiger charge is -2.08. The van der Waals surface area contributed by atoms with Gasteiger partial charge in [0, 0.05) is 23.4 Å². The third-order valence-electron chi connectivity index (χ3n) is 2.60. The van der Waals surface area contributed by atoms with E-state index in [0.717, 1.165) is 0 Å². The summed E-state index contributed by atoms with van der Waals surface area (Å²) in [6.07, 6.45) is 0. The summed E-state index contributed by atoms with van der Waals surface area (Å²) < 4.78 is 10.8. The first-order valence-electron chi connectivity index (χ1n) is 5.91. The number of rotatable bonds is 4. The summed E-state index contributed by atoms with van der Waals surface area (Å²) in [6.45, 7) is 1.80. The van der Waals surface area contributed by atoms with Crippen LogP contribution in [0.2, 0.25) is 0 Å². The van der Waals surface area contributed by atoms with Crippen LogP contribution < -0.4 is 15.2 Å². The van der Waals surface area contributed by atoms with Crippen LogP contribution in [0.4, 0.5) is 0 Å². The molecule has 20 heavy (non-hydrogen) atoms. The van der Waals surface area contributed by atoms with Crippen LogP contribution in [0.15, 0.2) is 41.6 Å². The zero-order valence-corrected chi connectivity index (χ0v) is 11.2. The summed E-state index contributed by atoms with van der Waals surface area (Å²) >= 11 is 0. The fourth-order valence-corrected chi connectivity index (χ4v) is 1.68. The Morgan fingerprint density at radius 3 is 2.70 bits per heavy atom. The number of ether oxygens (including phenoxy) is 2. The van der Waals surface area contributed by atoms with Gasteiger partial charge in [0.15, 0.2) is 5.84 Å². The lowest BCUT2D eigenvalue weighted by molar-refractivity contribution is 0.318. The smallest absolute Gasteiger partial charge is 0.220 e. The minimum absolute atomic E-state index is 0.00555. The number of hydrogen-bond acceptors (Lipinski definition) is 5. The van der Waals surface area contributed by atoms with Gasteiger partial charge in [-0.2, -0.15) is 0 Å². The summed E-state index contributed by atoms with van der Waals surface area (Å²) in [5, 5.41) is 11.7. The molecule has 0 atom stereocenters. The van der Waals surface area contributed by atoms with Crippen molar-refractivity contribution in [2.75, 3.05) is 7.11 Å². The van der Waals surface area contributed by atoms with Crippen LogP contribution in [0.1, 0.15) is 11.3 Å². The largest absolute Gasteiger partial charge is 0.497 e. The van der Waals surface area contributed by atoms with Gasteiger partial charge < -0.3 is 20.4 Å². The molecule has 2 rings (SSSR count). The highest BCUT2D eigenvalue weighted by Gasteiger charge is 2.07. The van der Waals surface area contributed by atoms with Crippen molar-refractivity contribution in [3.63, 3.8) is 0 Å². The zero-order chi connectivity index (χ0) is 14.5. The average Bonchev–Trinajstić information content (AvgIpc) is 2.46. The maximum absolute atomic E-state index is 8.71. The van der Waals surface area contributed by atoms with Crippen LogP contribution in [-0.2, 0) is 0 Å². The monoisotopic (exact) mass is 273 g/mol. The molecule has 0 aliphatic rings. The molecule has 1 aromatic heterocycles. The highest BCUT2D eigenvalue weighted by Crippen LogP contribution is 2.24. The van der Waals surface area contributed by atoms with Crippen LogP contribution in [0.5, 0.6) is 17.4 Å². The number of methoxy groups -OCH3 is 1. The third-order valence-corrected chi connectivity index (χ3v) is 2.60. The molecule has 0 bridgehead atoms. The van der Waals surface area contributed by atoms with E-state index in [4.69, 9.17) is 20.4 Å². The number of oxime groups is 1. The lowest BCUT2D eigenvalue weighted by Crippen LogP contribution is -2.13. The first-order valence-corrected chi connectivity index (χ1v) is 5.91. The van der Waals surface area contributed by atoms with Crippen LogP contribution in [0.25, 0.3) is 0 Å². The van der Waals surface area contributed by atoms with E-state index in [0.29, 0.717) is 28.6 Å². The Morgan fingerprint density at radius 1 is 1.25 bits per heavy atom. The molecular weight excluding hydrogens is 258 g/mol. The molecule has 0 amide bonds. The SMILES string of the molecule is COc1cccc(Oc2cc(/C(N)=N/O)cc(C)n2)c1. The van der Waals surface area contributed by atoms with Gasteiger partial charge in [0.05, 0.1) is 7.11 Å². The van der Waals surface area contributed by atoms with Crippen molar-refractivity contribution in [3.8, 4) is 17.4 Å². The fraction of sp³-hybridized carbons (Fsp3) is 0.143. The van der Waals surface area contributed by atoms with E-state index in [9.17, 15) is 0 Å². The van der Waals surface area contributed by atoms with E-state index >= 15 is 0 Å². The second kappa shape index (κ2) is 5.92. The van der Waals surface area contributed by atoms with Crippen molar-refractivity contribution in [1.82, 2.24) is 4.98 Å². The molecular formula is C14H15N3O3. The number of amidine groups is 1. The van der Waals surface area contributed by atoms with Gasteiger partial charge >= 0.3 is 0 Å². The summed E-state index contributed by atoms with van der Waals surface area (Å²) in [4.78, 5) is 4.25. The Kier molecular flexibility index (Phi) is 4.05. The summed E-state index contributed by atoms with van der Waals surface area (Å²) in [6, 6.07) is 10.5. The van der Waals surface area contributed by atoms with Crippen LogP contribution in [0.3, 0.4) is 0 Å². The van der Waals surface area contributed by atoms with E-state index in [-0.39, 0.29) is 5.84 Å². The number of benzene rings is 1. The molecule has 1 heterocycles. The summed E-state index contributed by atoms with van der Waals surface area (Å²) in [7, 11) is 1.58. The fourth-order valence-electron chi connectivity index (χ4n) is 1.68. The second-order valence-electron chi connectivity index (χ2n) is 4.10. The molecule has 0 saturated carbocycles. The predicted molar refractivity (Wildman–Crippen MR) is 74.6 cm³/mol. The van der Waals surface area contributed by atoms with Gasteiger partial charge in [0.2, 0.25) is 5.88 Å². The second-order valence-corrected chi connectivity index (χ2v) is 4.10. The van der Waals surface area contributed by atoms with Gasteiger partial charge in [-0.1, -0.05) is 11.2 Å². The van der Waals surface area contributed by atoms with E-state index < -0.39 is 0 Å². The Hall–Kier alpha value is -2.76. The number of aromatic nitrogens is 1. The lowest BCUT2D eigenvalue weighted by atomic mass is 10.2. The molecule has 6 nitrogen and oxygen atoms in total. The minimum Gasteiger partial charge on any atom is -0.497 e. The standard InChI is InChI=1S/C14H15N3O3/c1-9-6-10(14(15)17-18)7-13(16-9)20-12-5-3-4-11(8-12)19-2/h3-8,18H,1-2H3,(H2,15,17). The molecule has 0 fully saturated rings. The molecule has 2 aromatic rings. The molecule has 6 heteroatoms. The van der Waals surface area contributed by atoms with E-state index in [1.807, 2.05) is 12.1 Å². The van der Waals surface area contributed by atoms with Gasteiger partial charge in [0.1, 0.15) is 11.5 Å². The first kappa shape index (κ1) is 13.7. The van der Waals surface area contributed by atoms with Crippen molar-refractivity contribution in [2.24, 2.45) is 10.9 Å². The van der Waals surface area contributed by atoms with Crippen molar-refractivity contribution in [2.45, 2.75) is 6.92 Å². The Balaban J connectivity index is 2.31. The molecule has 104 valence electrons. The van der Waals surface area contributed by atoms with Gasteiger partial charge in [-0.15, -0.1) is 0 Å². The highest BCUT2D eigenvalue weighted by molar-refractivity contribution is 5.97. The third kappa shape index (κ3) is 3.17. The zero-order valence-electron chi connectivity index (χ0n) is 11.2. The van der Waals surface area contributed by atoms with E-state index in [2.05, 4.69) is 10.1 Å². The normalized spacial score (nSPS) is 11.2. The van der Waals surface area contributed by atoms with Crippen molar-refractivity contribution < 1.29 is 14.7 Å². The summed E-state index contributed by atoms with van der Waals surface area (Å²) in [5.74, 6) is 1.64. The van der Waals surface area contributed by atoms with Crippen LogP contribution >= 0.6 is 0 Å². The average molecular weight is 273 g/mol. The Labute approximate surface area is 116 Å². The van der Waals surface area contributed by atoms with Crippen molar-refractivity contribution in [3.05, 3.63) is 47.7 Å². The first-order chi connectivity index (χ1) is 9.62. The number of nitrogens with zero attached hydrogens (tertiary/aromatic N) is 2. The van der Waals surface area contributed by atoms with Gasteiger partial charge in [-0.25, -0.2) is 4.98 Å². The van der Waals surface area contributed by atoms with Gasteiger partial charge in [-0.3, -0.25) is 0 Å². The predicted octanol–water partition coefficient (Wildman–Crippen LogP) is 2.29. The summed E-state index contributed by atoms with van der Waals surface area (Å²) in [5.41, 5.74) is 6.81. The van der Waals surface area contributed by atoms with Gasteiger partial charge in [0.25, 0.3) is 0 Å².